The molecule has 1 unspecified atom stereocenters. The maximum absolute atomic E-state index is 14.3. The summed E-state index contributed by atoms with van der Waals surface area (Å²) in [5.41, 5.74) is 2.92. The van der Waals surface area contributed by atoms with Crippen LogP contribution in [0.3, 0.4) is 0 Å². The third-order valence-corrected chi connectivity index (χ3v) is 6.88. The number of carbonyl (C=O) groups is 1. The predicted molar refractivity (Wildman–Crippen MR) is 130 cm³/mol. The summed E-state index contributed by atoms with van der Waals surface area (Å²) in [6, 6.07) is 16.9. The van der Waals surface area contributed by atoms with Crippen molar-refractivity contribution in [3.05, 3.63) is 77.6 Å². The first-order valence-corrected chi connectivity index (χ1v) is 13.0. The Morgan fingerprint density at radius 2 is 1.82 bits per heavy atom. The number of fused-ring (bicyclic) bond motifs is 1. The second-order valence-electron chi connectivity index (χ2n) is 8.29. The van der Waals surface area contributed by atoms with Crippen molar-refractivity contribution < 1.29 is 27.1 Å². The van der Waals surface area contributed by atoms with Crippen LogP contribution in [0.1, 0.15) is 29.9 Å². The van der Waals surface area contributed by atoms with E-state index in [4.69, 9.17) is 9.47 Å². The second kappa shape index (κ2) is 9.46. The van der Waals surface area contributed by atoms with Crippen molar-refractivity contribution in [3.63, 3.8) is 0 Å². The third-order valence-electron chi connectivity index (χ3n) is 5.91. The zero-order valence-electron chi connectivity index (χ0n) is 19.2. The number of ether oxygens (including phenoxy) is 2. The summed E-state index contributed by atoms with van der Waals surface area (Å²) in [5.74, 6) is -1.27. The fraction of sp³-hybridized carbons (Fsp3) is 0.269. The number of nitrogens with one attached hydrogen (secondary N) is 1. The molecule has 0 spiro atoms. The zero-order valence-corrected chi connectivity index (χ0v) is 20.0. The van der Waals surface area contributed by atoms with Crippen LogP contribution in [0.2, 0.25) is 0 Å². The van der Waals surface area contributed by atoms with Gasteiger partial charge in [0, 0.05) is 23.4 Å². The normalized spacial score (nSPS) is 16.0. The number of halogens is 1. The van der Waals surface area contributed by atoms with Crippen molar-refractivity contribution in [2.75, 3.05) is 31.0 Å². The highest BCUT2D eigenvalue weighted by Gasteiger charge is 2.39. The number of amides is 1. The van der Waals surface area contributed by atoms with Crippen LogP contribution in [0.25, 0.3) is 11.1 Å². The van der Waals surface area contributed by atoms with Crippen LogP contribution in [0.4, 0.5) is 10.1 Å². The average Bonchev–Trinajstić information content (AvgIpc) is 3.12. The number of hydrogen-bond acceptors (Lipinski definition) is 5. The minimum atomic E-state index is -3.43. The highest BCUT2D eigenvalue weighted by Crippen LogP contribution is 2.45. The number of benzene rings is 3. The number of carbonyl (C=O) groups excluding carboxylic acids is 1. The largest absolute Gasteiger partial charge is 0.493 e. The number of anilines is 1. The molecule has 0 saturated heterocycles. The van der Waals surface area contributed by atoms with Gasteiger partial charge >= 0.3 is 0 Å². The fourth-order valence-electron chi connectivity index (χ4n) is 4.45. The van der Waals surface area contributed by atoms with Gasteiger partial charge in [-0.05, 0) is 47.9 Å². The lowest BCUT2D eigenvalue weighted by atomic mass is 9.82. The summed E-state index contributed by atoms with van der Waals surface area (Å²) in [5, 5.41) is 2.86. The van der Waals surface area contributed by atoms with E-state index in [1.165, 1.54) is 13.2 Å². The molecule has 0 fully saturated rings. The molecule has 6 nitrogen and oxygen atoms in total. The summed E-state index contributed by atoms with van der Waals surface area (Å²) in [6.07, 6.45) is 1.15. The van der Waals surface area contributed by atoms with Gasteiger partial charge in [0.25, 0.3) is 0 Å². The van der Waals surface area contributed by atoms with Crippen LogP contribution >= 0.6 is 0 Å². The van der Waals surface area contributed by atoms with Crippen molar-refractivity contribution in [1.29, 1.82) is 0 Å². The molecule has 0 aromatic heterocycles. The second-order valence-corrected chi connectivity index (χ2v) is 10.5. The summed E-state index contributed by atoms with van der Waals surface area (Å²) in [4.78, 5) is 13.1. The number of methoxy groups -OCH3 is 1. The first-order valence-electron chi connectivity index (χ1n) is 10.9. The first-order chi connectivity index (χ1) is 16.2. The summed E-state index contributed by atoms with van der Waals surface area (Å²) < 4.78 is 50.1. The number of sulfone groups is 1. The average molecular weight is 484 g/mol. The maximum atomic E-state index is 14.3. The van der Waals surface area contributed by atoms with Crippen LogP contribution in [-0.4, -0.2) is 40.1 Å². The Balaban J connectivity index is 1.79. The van der Waals surface area contributed by atoms with Crippen molar-refractivity contribution in [2.24, 2.45) is 0 Å². The molecule has 8 heteroatoms. The van der Waals surface area contributed by atoms with Gasteiger partial charge in [0.05, 0.1) is 25.4 Å². The predicted octanol–water partition coefficient (Wildman–Crippen LogP) is 4.76. The lowest BCUT2D eigenvalue weighted by Crippen LogP contribution is -2.25. The molecule has 1 aliphatic heterocycles. The van der Waals surface area contributed by atoms with Gasteiger partial charge in [-0.2, -0.15) is 0 Å². The molecule has 0 aliphatic carbocycles. The van der Waals surface area contributed by atoms with E-state index in [1.54, 1.807) is 54.6 Å². The quantitative estimate of drug-likeness (QED) is 0.499. The van der Waals surface area contributed by atoms with E-state index in [0.29, 0.717) is 46.0 Å². The smallest absolute Gasteiger partial charge is 0.232 e. The van der Waals surface area contributed by atoms with Gasteiger partial charge in [-0.1, -0.05) is 36.4 Å². The van der Waals surface area contributed by atoms with Crippen LogP contribution in [-0.2, 0) is 14.6 Å². The van der Waals surface area contributed by atoms with E-state index in [1.807, 2.05) is 6.92 Å². The minimum Gasteiger partial charge on any atom is -0.493 e. The topological polar surface area (TPSA) is 81.7 Å². The molecule has 4 rings (SSSR count). The molecule has 1 aliphatic rings. The maximum Gasteiger partial charge on any atom is 0.232 e. The van der Waals surface area contributed by atoms with E-state index in [9.17, 15) is 17.6 Å². The standard InChI is InChI=1S/C26H26FNO5S/c1-4-33-24-14-17(10-12-23(24)32-2)20(15-34(3,30)31)25-19-11-9-16(13-22(19)28-26(25)29)18-7-5-6-8-21(18)27/h5-14,20,25H,4,15H2,1-3H3,(H,28,29)/t20-,25?/m1/s1. The molecular weight excluding hydrogens is 457 g/mol. The van der Waals surface area contributed by atoms with Gasteiger partial charge in [-0.3, -0.25) is 4.79 Å². The molecule has 1 heterocycles. The highest BCUT2D eigenvalue weighted by molar-refractivity contribution is 7.90. The minimum absolute atomic E-state index is 0.225. The van der Waals surface area contributed by atoms with Gasteiger partial charge in [0.15, 0.2) is 11.5 Å². The molecule has 1 N–H and O–H groups in total. The first kappa shape index (κ1) is 23.8. The molecule has 0 bridgehead atoms. The molecular formula is C26H26FNO5S. The molecule has 3 aromatic carbocycles. The monoisotopic (exact) mass is 483 g/mol. The Morgan fingerprint density at radius 1 is 1.06 bits per heavy atom. The SMILES string of the molecule is CCOc1cc([C@@H](CS(C)(=O)=O)C2C(=O)Nc3cc(-c4ccccc4F)ccc32)ccc1OC. The summed E-state index contributed by atoms with van der Waals surface area (Å²) in [6.45, 7) is 2.25. The Morgan fingerprint density at radius 3 is 2.50 bits per heavy atom. The molecule has 2 atom stereocenters. The van der Waals surface area contributed by atoms with Crippen molar-refractivity contribution >= 4 is 21.4 Å². The molecule has 3 aromatic rings. The Hall–Kier alpha value is -3.39. The third kappa shape index (κ3) is 4.77. The van der Waals surface area contributed by atoms with Crippen molar-refractivity contribution in [1.82, 2.24) is 0 Å². The number of rotatable bonds is 8. The molecule has 0 radical (unpaired) electrons. The number of hydrogen-bond donors (Lipinski definition) is 1. The van der Waals surface area contributed by atoms with Gasteiger partial charge in [-0.15, -0.1) is 0 Å². The lowest BCUT2D eigenvalue weighted by molar-refractivity contribution is -0.117. The van der Waals surface area contributed by atoms with Crippen LogP contribution < -0.4 is 14.8 Å². The van der Waals surface area contributed by atoms with Gasteiger partial charge in [0.1, 0.15) is 15.7 Å². The van der Waals surface area contributed by atoms with E-state index in [0.717, 1.165) is 6.26 Å². The van der Waals surface area contributed by atoms with Gasteiger partial charge in [0.2, 0.25) is 5.91 Å². The van der Waals surface area contributed by atoms with E-state index < -0.39 is 21.7 Å². The zero-order chi connectivity index (χ0) is 24.5. The van der Waals surface area contributed by atoms with Gasteiger partial charge in [-0.25, -0.2) is 12.8 Å². The Labute approximate surface area is 198 Å². The molecule has 178 valence electrons. The van der Waals surface area contributed by atoms with Crippen LogP contribution in [0, 0.1) is 5.82 Å². The van der Waals surface area contributed by atoms with E-state index in [2.05, 4.69) is 5.32 Å². The van der Waals surface area contributed by atoms with E-state index in [-0.39, 0.29) is 17.5 Å². The summed E-state index contributed by atoms with van der Waals surface area (Å²) in [7, 11) is -1.91. The van der Waals surface area contributed by atoms with Crippen LogP contribution in [0.15, 0.2) is 60.7 Å². The fourth-order valence-corrected chi connectivity index (χ4v) is 5.49. The van der Waals surface area contributed by atoms with Crippen molar-refractivity contribution in [3.8, 4) is 22.6 Å². The Kier molecular flexibility index (Phi) is 6.61. The molecule has 1 amide bonds. The Bertz CT molecular complexity index is 1340. The lowest BCUT2D eigenvalue weighted by Gasteiger charge is -2.23. The highest BCUT2D eigenvalue weighted by atomic mass is 32.2. The van der Waals surface area contributed by atoms with E-state index >= 15 is 0 Å². The molecule has 0 saturated carbocycles. The van der Waals surface area contributed by atoms with Crippen LogP contribution in [0.5, 0.6) is 11.5 Å². The van der Waals surface area contributed by atoms with Gasteiger partial charge < -0.3 is 14.8 Å². The molecule has 34 heavy (non-hydrogen) atoms. The summed E-state index contributed by atoms with van der Waals surface area (Å²) >= 11 is 0. The van der Waals surface area contributed by atoms with Crippen molar-refractivity contribution in [2.45, 2.75) is 18.8 Å².